The van der Waals surface area contributed by atoms with Crippen molar-refractivity contribution < 1.29 is 14.6 Å². The molecule has 1 heterocycles. The van der Waals surface area contributed by atoms with Gasteiger partial charge in [0.1, 0.15) is 0 Å². The SMILES string of the molecule is O=C(O)C1(c2ccc3c(c2)CCOC3)CCCC1. The fourth-order valence-electron chi connectivity index (χ4n) is 3.27. The predicted octanol–water partition coefficient (Wildman–Crippen LogP) is 2.66. The summed E-state index contributed by atoms with van der Waals surface area (Å²) in [5.41, 5.74) is 2.84. The molecule has 3 rings (SSSR count). The smallest absolute Gasteiger partial charge is 0.314 e. The van der Waals surface area contributed by atoms with Crippen molar-refractivity contribution in [2.75, 3.05) is 6.61 Å². The van der Waals surface area contributed by atoms with Crippen molar-refractivity contribution in [2.24, 2.45) is 0 Å². The summed E-state index contributed by atoms with van der Waals surface area (Å²) in [7, 11) is 0. The van der Waals surface area contributed by atoms with E-state index in [0.717, 1.165) is 44.3 Å². The van der Waals surface area contributed by atoms with Crippen LogP contribution in [0, 0.1) is 0 Å². The summed E-state index contributed by atoms with van der Waals surface area (Å²) in [6, 6.07) is 6.15. The van der Waals surface area contributed by atoms with Gasteiger partial charge in [-0.15, -0.1) is 0 Å². The summed E-state index contributed by atoms with van der Waals surface area (Å²) in [6.07, 6.45) is 4.49. The largest absolute Gasteiger partial charge is 0.481 e. The minimum atomic E-state index is -0.660. The van der Waals surface area contributed by atoms with E-state index in [-0.39, 0.29) is 0 Å². The average Bonchev–Trinajstić information content (AvgIpc) is 2.89. The van der Waals surface area contributed by atoms with Gasteiger partial charge in [0.15, 0.2) is 0 Å². The first kappa shape index (κ1) is 11.7. The maximum absolute atomic E-state index is 11.7. The Morgan fingerprint density at radius 2 is 2.00 bits per heavy atom. The minimum Gasteiger partial charge on any atom is -0.481 e. The second-order valence-corrected chi connectivity index (χ2v) is 5.38. The Bertz CT molecular complexity index is 473. The number of benzene rings is 1. The second kappa shape index (κ2) is 4.39. The van der Waals surface area contributed by atoms with Gasteiger partial charge in [0.25, 0.3) is 0 Å². The molecule has 1 aliphatic carbocycles. The third-order valence-electron chi connectivity index (χ3n) is 4.40. The van der Waals surface area contributed by atoms with Gasteiger partial charge < -0.3 is 9.84 Å². The first-order valence-electron chi connectivity index (χ1n) is 6.66. The maximum atomic E-state index is 11.7. The zero-order valence-corrected chi connectivity index (χ0v) is 10.4. The monoisotopic (exact) mass is 246 g/mol. The van der Waals surface area contributed by atoms with E-state index in [1.54, 1.807) is 0 Å². The molecule has 3 heteroatoms. The molecule has 1 aromatic carbocycles. The number of carboxylic acids is 1. The Hall–Kier alpha value is -1.35. The Labute approximate surface area is 107 Å². The lowest BCUT2D eigenvalue weighted by atomic mass is 9.77. The van der Waals surface area contributed by atoms with E-state index in [1.807, 2.05) is 12.1 Å². The van der Waals surface area contributed by atoms with Crippen molar-refractivity contribution in [1.29, 1.82) is 0 Å². The summed E-state index contributed by atoms with van der Waals surface area (Å²) in [5, 5.41) is 9.60. The van der Waals surface area contributed by atoms with Crippen molar-refractivity contribution in [3.63, 3.8) is 0 Å². The number of carboxylic acid groups (broad SMARTS) is 1. The van der Waals surface area contributed by atoms with E-state index in [1.165, 1.54) is 11.1 Å². The topological polar surface area (TPSA) is 46.5 Å². The van der Waals surface area contributed by atoms with Crippen LogP contribution in [0.5, 0.6) is 0 Å². The highest BCUT2D eigenvalue weighted by atomic mass is 16.5. The Morgan fingerprint density at radius 3 is 2.72 bits per heavy atom. The first-order chi connectivity index (χ1) is 8.72. The highest BCUT2D eigenvalue weighted by molar-refractivity contribution is 5.82. The zero-order valence-electron chi connectivity index (χ0n) is 10.4. The van der Waals surface area contributed by atoms with Crippen LogP contribution < -0.4 is 0 Å². The summed E-state index contributed by atoms with van der Waals surface area (Å²) < 4.78 is 5.42. The molecule has 1 aliphatic heterocycles. The van der Waals surface area contributed by atoms with Gasteiger partial charge in [-0.05, 0) is 36.0 Å². The van der Waals surface area contributed by atoms with E-state index >= 15 is 0 Å². The van der Waals surface area contributed by atoms with Crippen LogP contribution in [0.25, 0.3) is 0 Å². The second-order valence-electron chi connectivity index (χ2n) is 5.38. The van der Waals surface area contributed by atoms with Crippen molar-refractivity contribution in [1.82, 2.24) is 0 Å². The molecule has 2 aliphatic rings. The number of aliphatic carboxylic acids is 1. The van der Waals surface area contributed by atoms with Crippen LogP contribution >= 0.6 is 0 Å². The minimum absolute atomic E-state index is 0.632. The van der Waals surface area contributed by atoms with Crippen LogP contribution in [0.15, 0.2) is 18.2 Å². The number of rotatable bonds is 2. The van der Waals surface area contributed by atoms with Crippen molar-refractivity contribution in [3.05, 3.63) is 34.9 Å². The van der Waals surface area contributed by atoms with E-state index in [9.17, 15) is 9.90 Å². The number of hydrogen-bond donors (Lipinski definition) is 1. The number of fused-ring (bicyclic) bond motifs is 1. The number of ether oxygens (including phenoxy) is 1. The molecule has 0 radical (unpaired) electrons. The molecule has 1 saturated carbocycles. The van der Waals surface area contributed by atoms with Crippen LogP contribution in [0.2, 0.25) is 0 Å². The van der Waals surface area contributed by atoms with E-state index in [4.69, 9.17) is 4.74 Å². The lowest BCUT2D eigenvalue weighted by Gasteiger charge is -2.26. The van der Waals surface area contributed by atoms with Gasteiger partial charge >= 0.3 is 5.97 Å². The highest BCUT2D eigenvalue weighted by Crippen LogP contribution is 2.42. The molecule has 0 amide bonds. The van der Waals surface area contributed by atoms with Crippen molar-refractivity contribution >= 4 is 5.97 Å². The predicted molar refractivity (Wildman–Crippen MR) is 67.6 cm³/mol. The molecule has 0 atom stereocenters. The molecule has 0 unspecified atom stereocenters. The molecule has 0 spiro atoms. The molecule has 3 nitrogen and oxygen atoms in total. The molecule has 0 bridgehead atoms. The molecule has 1 fully saturated rings. The first-order valence-corrected chi connectivity index (χ1v) is 6.66. The van der Waals surface area contributed by atoms with Crippen LogP contribution in [-0.2, 0) is 28.0 Å². The van der Waals surface area contributed by atoms with Crippen LogP contribution in [0.4, 0.5) is 0 Å². The summed E-state index contributed by atoms with van der Waals surface area (Å²) in [6.45, 7) is 1.41. The fourth-order valence-corrected chi connectivity index (χ4v) is 3.27. The molecular formula is C15H18O3. The van der Waals surface area contributed by atoms with Crippen molar-refractivity contribution in [3.8, 4) is 0 Å². The standard InChI is InChI=1S/C15H18O3/c16-14(17)15(6-1-2-7-15)13-4-3-12-10-18-8-5-11(12)9-13/h3-4,9H,1-2,5-8,10H2,(H,16,17). The van der Waals surface area contributed by atoms with Gasteiger partial charge in [-0.3, -0.25) is 4.79 Å². The Morgan fingerprint density at radius 1 is 1.22 bits per heavy atom. The van der Waals surface area contributed by atoms with E-state index in [0.29, 0.717) is 6.61 Å². The summed E-state index contributed by atoms with van der Waals surface area (Å²) in [4.78, 5) is 11.7. The van der Waals surface area contributed by atoms with Gasteiger partial charge in [-0.2, -0.15) is 0 Å². The summed E-state index contributed by atoms with van der Waals surface area (Å²) in [5.74, 6) is -0.660. The van der Waals surface area contributed by atoms with E-state index < -0.39 is 11.4 Å². The third kappa shape index (κ3) is 1.74. The highest BCUT2D eigenvalue weighted by Gasteiger charge is 2.43. The third-order valence-corrected chi connectivity index (χ3v) is 4.40. The normalized spacial score (nSPS) is 21.6. The lowest BCUT2D eigenvalue weighted by molar-refractivity contribution is -0.143. The Kier molecular flexibility index (Phi) is 2.86. The molecule has 0 aromatic heterocycles. The molecule has 96 valence electrons. The maximum Gasteiger partial charge on any atom is 0.314 e. The molecule has 1 N–H and O–H groups in total. The average molecular weight is 246 g/mol. The lowest BCUT2D eigenvalue weighted by Crippen LogP contribution is -2.33. The van der Waals surface area contributed by atoms with Gasteiger partial charge in [0, 0.05) is 0 Å². The Balaban J connectivity index is 2.02. The summed E-state index contributed by atoms with van der Waals surface area (Å²) >= 11 is 0. The van der Waals surface area contributed by atoms with Gasteiger partial charge in [0.05, 0.1) is 18.6 Å². The van der Waals surface area contributed by atoms with Crippen LogP contribution in [0.1, 0.15) is 42.4 Å². The van der Waals surface area contributed by atoms with Gasteiger partial charge in [-0.1, -0.05) is 31.0 Å². The van der Waals surface area contributed by atoms with Crippen LogP contribution in [0.3, 0.4) is 0 Å². The van der Waals surface area contributed by atoms with Crippen LogP contribution in [-0.4, -0.2) is 17.7 Å². The number of hydrogen-bond acceptors (Lipinski definition) is 2. The fraction of sp³-hybridized carbons (Fsp3) is 0.533. The molecule has 18 heavy (non-hydrogen) atoms. The molecule has 0 saturated heterocycles. The quantitative estimate of drug-likeness (QED) is 0.872. The van der Waals surface area contributed by atoms with Gasteiger partial charge in [-0.25, -0.2) is 0 Å². The van der Waals surface area contributed by atoms with E-state index in [2.05, 4.69) is 6.07 Å². The number of carbonyl (C=O) groups is 1. The van der Waals surface area contributed by atoms with Gasteiger partial charge in [0.2, 0.25) is 0 Å². The van der Waals surface area contributed by atoms with Crippen molar-refractivity contribution in [2.45, 2.75) is 44.1 Å². The molecular weight excluding hydrogens is 228 g/mol. The molecule has 1 aromatic rings. The zero-order chi connectivity index (χ0) is 12.6.